The zero-order chi connectivity index (χ0) is 23.9. The number of aliphatic carboxylic acids is 1. The number of nitrogens with one attached hydrogen (secondary N) is 1. The van der Waals surface area contributed by atoms with E-state index in [-0.39, 0.29) is 38.9 Å². The summed E-state index contributed by atoms with van der Waals surface area (Å²) in [6.07, 6.45) is 0.0633. The second-order valence-electron chi connectivity index (χ2n) is 7.04. The molecule has 0 fully saturated rings. The van der Waals surface area contributed by atoms with Crippen molar-refractivity contribution in [1.82, 2.24) is 5.32 Å². The molecule has 2 N–H and O–H groups in total. The van der Waals surface area contributed by atoms with Gasteiger partial charge in [-0.05, 0) is 49.7 Å². The van der Waals surface area contributed by atoms with E-state index in [9.17, 15) is 14.7 Å². The van der Waals surface area contributed by atoms with Crippen LogP contribution in [0.15, 0.2) is 54.6 Å². The molecule has 2 aromatic rings. The zero-order valence-electron chi connectivity index (χ0n) is 18.4. The first-order chi connectivity index (χ1) is 16.0. The van der Waals surface area contributed by atoms with Gasteiger partial charge in [0.1, 0.15) is 24.9 Å². The predicted molar refractivity (Wildman–Crippen MR) is 119 cm³/mol. The van der Waals surface area contributed by atoms with Crippen LogP contribution in [0.4, 0.5) is 0 Å². The lowest BCUT2D eigenvalue weighted by molar-refractivity contribution is -0.144. The van der Waals surface area contributed by atoms with Crippen molar-refractivity contribution >= 4 is 11.9 Å². The van der Waals surface area contributed by atoms with Crippen molar-refractivity contribution < 1.29 is 33.6 Å². The molecule has 1 amide bonds. The van der Waals surface area contributed by atoms with Gasteiger partial charge in [0.05, 0.1) is 31.2 Å². The highest BCUT2D eigenvalue weighted by Gasteiger charge is 2.25. The number of rotatable bonds is 15. The summed E-state index contributed by atoms with van der Waals surface area (Å²) in [5, 5.41) is 20.9. The number of ether oxygens (including phenoxy) is 4. The topological polar surface area (TPSA) is 127 Å². The summed E-state index contributed by atoms with van der Waals surface area (Å²) >= 11 is 0. The molecule has 2 atom stereocenters. The molecular formula is C24H28N2O7. The number of para-hydroxylation sites is 1. The average molecular weight is 456 g/mol. The molecule has 33 heavy (non-hydrogen) atoms. The number of carboxylic acids is 1. The molecule has 9 nitrogen and oxygen atoms in total. The van der Waals surface area contributed by atoms with Gasteiger partial charge in [0, 0.05) is 12.2 Å². The Bertz CT molecular complexity index is 897. The molecule has 0 heterocycles. The smallest absolute Gasteiger partial charge is 0.308 e. The van der Waals surface area contributed by atoms with Gasteiger partial charge in [-0.15, -0.1) is 0 Å². The molecule has 0 bridgehead atoms. The zero-order valence-corrected chi connectivity index (χ0v) is 18.4. The van der Waals surface area contributed by atoms with Gasteiger partial charge in [-0.25, -0.2) is 0 Å². The molecule has 0 aromatic heterocycles. The number of carbonyl (C=O) groups is 2. The Balaban J connectivity index is 2.01. The first-order valence-corrected chi connectivity index (χ1v) is 10.5. The van der Waals surface area contributed by atoms with Crippen molar-refractivity contribution in [3.8, 4) is 17.6 Å². The number of hydrogen-bond acceptors (Lipinski definition) is 7. The van der Waals surface area contributed by atoms with Crippen LogP contribution in [-0.2, 0) is 19.0 Å². The standard InChI is InChI=1S/C24H28N2O7/c1-2-30-17-32-16-20(14-19(24(28)29)15-31-13-12-25)26-23(27)18-8-10-22(11-9-18)33-21-6-4-3-5-7-21/h3-11,19-20H,2,13-17H2,1H3,(H,26,27)(H,28,29). The minimum atomic E-state index is -1.08. The maximum Gasteiger partial charge on any atom is 0.308 e. The largest absolute Gasteiger partial charge is 0.481 e. The van der Waals surface area contributed by atoms with E-state index in [1.807, 2.05) is 37.3 Å². The molecule has 0 aliphatic rings. The maximum absolute atomic E-state index is 12.8. The molecule has 0 radical (unpaired) electrons. The van der Waals surface area contributed by atoms with Crippen molar-refractivity contribution in [2.45, 2.75) is 19.4 Å². The Morgan fingerprint density at radius 3 is 2.33 bits per heavy atom. The van der Waals surface area contributed by atoms with Crippen molar-refractivity contribution in [1.29, 1.82) is 5.26 Å². The van der Waals surface area contributed by atoms with Gasteiger partial charge in [-0.2, -0.15) is 5.26 Å². The van der Waals surface area contributed by atoms with Crippen molar-refractivity contribution in [2.24, 2.45) is 5.92 Å². The van der Waals surface area contributed by atoms with Crippen LogP contribution in [0.5, 0.6) is 11.5 Å². The highest BCUT2D eigenvalue weighted by Crippen LogP contribution is 2.21. The van der Waals surface area contributed by atoms with Crippen LogP contribution >= 0.6 is 0 Å². The average Bonchev–Trinajstić information content (AvgIpc) is 2.82. The van der Waals surface area contributed by atoms with E-state index in [1.54, 1.807) is 30.3 Å². The second kappa shape index (κ2) is 14.6. The minimum Gasteiger partial charge on any atom is -0.481 e. The molecule has 0 saturated heterocycles. The van der Waals surface area contributed by atoms with Gasteiger partial charge in [0.25, 0.3) is 5.91 Å². The lowest BCUT2D eigenvalue weighted by atomic mass is 10.0. The summed E-state index contributed by atoms with van der Waals surface area (Å²) in [5.74, 6) is -1.12. The van der Waals surface area contributed by atoms with Crippen LogP contribution in [0.2, 0.25) is 0 Å². The number of nitriles is 1. The first kappa shape index (κ1) is 25.8. The third kappa shape index (κ3) is 9.70. The normalized spacial score (nSPS) is 12.4. The number of carbonyl (C=O) groups excluding carboxylic acids is 1. The van der Waals surface area contributed by atoms with Gasteiger partial charge < -0.3 is 29.4 Å². The fourth-order valence-electron chi connectivity index (χ4n) is 2.90. The Hall–Kier alpha value is -3.45. The van der Waals surface area contributed by atoms with Crippen LogP contribution in [0.3, 0.4) is 0 Å². The van der Waals surface area contributed by atoms with Crippen LogP contribution in [0.25, 0.3) is 0 Å². The highest BCUT2D eigenvalue weighted by atomic mass is 16.7. The van der Waals surface area contributed by atoms with Crippen LogP contribution in [-0.4, -0.2) is 56.2 Å². The van der Waals surface area contributed by atoms with Crippen molar-refractivity contribution in [3.05, 3.63) is 60.2 Å². The van der Waals surface area contributed by atoms with E-state index >= 15 is 0 Å². The number of nitrogens with zero attached hydrogens (tertiary/aromatic N) is 1. The maximum atomic E-state index is 12.8. The quantitative estimate of drug-likeness (QED) is 0.309. The second-order valence-corrected chi connectivity index (χ2v) is 7.04. The Labute approximate surface area is 192 Å². The fraction of sp³-hybridized carbons (Fsp3) is 0.375. The van der Waals surface area contributed by atoms with Crippen LogP contribution in [0.1, 0.15) is 23.7 Å². The summed E-state index contributed by atoms with van der Waals surface area (Å²) in [7, 11) is 0. The minimum absolute atomic E-state index is 0.0249. The van der Waals surface area contributed by atoms with Crippen molar-refractivity contribution in [3.63, 3.8) is 0 Å². The fourth-order valence-corrected chi connectivity index (χ4v) is 2.90. The molecule has 176 valence electrons. The molecule has 2 aromatic carbocycles. The molecule has 0 aliphatic heterocycles. The SMILES string of the molecule is CCOCOCC(CC(COCC#N)C(=O)O)NC(=O)c1ccc(Oc2ccccc2)cc1. The molecule has 2 rings (SSSR count). The van der Waals surface area contributed by atoms with Crippen LogP contribution in [0, 0.1) is 17.2 Å². The van der Waals surface area contributed by atoms with E-state index in [1.165, 1.54) is 0 Å². The molecule has 9 heteroatoms. The lowest BCUT2D eigenvalue weighted by Crippen LogP contribution is -2.41. The van der Waals surface area contributed by atoms with E-state index < -0.39 is 17.9 Å². The Kier molecular flexibility index (Phi) is 11.4. The van der Waals surface area contributed by atoms with Crippen molar-refractivity contribution in [2.75, 3.05) is 33.2 Å². The highest BCUT2D eigenvalue weighted by molar-refractivity contribution is 5.94. The van der Waals surface area contributed by atoms with Crippen LogP contribution < -0.4 is 10.1 Å². The van der Waals surface area contributed by atoms with Gasteiger partial charge in [0.15, 0.2) is 0 Å². The summed E-state index contributed by atoms with van der Waals surface area (Å²) < 4.78 is 21.4. The summed E-state index contributed by atoms with van der Waals surface area (Å²) in [4.78, 5) is 24.4. The summed E-state index contributed by atoms with van der Waals surface area (Å²) in [6.45, 7) is 2.01. The number of benzene rings is 2. The summed E-state index contributed by atoms with van der Waals surface area (Å²) in [6, 6.07) is 17.1. The Morgan fingerprint density at radius 1 is 1.00 bits per heavy atom. The van der Waals surface area contributed by atoms with Gasteiger partial charge in [0.2, 0.25) is 0 Å². The van der Waals surface area contributed by atoms with Gasteiger partial charge in [-0.1, -0.05) is 18.2 Å². The number of carboxylic acid groups (broad SMARTS) is 1. The predicted octanol–water partition coefficient (Wildman–Crippen LogP) is 3.22. The third-order valence-corrected chi connectivity index (χ3v) is 4.52. The lowest BCUT2D eigenvalue weighted by Gasteiger charge is -2.22. The van der Waals surface area contributed by atoms with E-state index in [2.05, 4.69) is 5.32 Å². The molecule has 0 spiro atoms. The third-order valence-electron chi connectivity index (χ3n) is 4.52. The molecular weight excluding hydrogens is 428 g/mol. The van der Waals surface area contributed by atoms with E-state index in [0.717, 1.165) is 0 Å². The van der Waals surface area contributed by atoms with Gasteiger partial charge >= 0.3 is 5.97 Å². The molecule has 0 aliphatic carbocycles. The van der Waals surface area contributed by atoms with E-state index in [4.69, 9.17) is 24.2 Å². The molecule has 2 unspecified atom stereocenters. The Morgan fingerprint density at radius 2 is 1.70 bits per heavy atom. The molecule has 0 saturated carbocycles. The van der Waals surface area contributed by atoms with E-state index in [0.29, 0.717) is 23.7 Å². The number of hydrogen-bond donors (Lipinski definition) is 2. The first-order valence-electron chi connectivity index (χ1n) is 10.5. The monoisotopic (exact) mass is 456 g/mol. The van der Waals surface area contributed by atoms with Gasteiger partial charge in [-0.3, -0.25) is 9.59 Å². The summed E-state index contributed by atoms with van der Waals surface area (Å²) in [5.41, 5.74) is 0.387. The number of amides is 1.